The summed E-state index contributed by atoms with van der Waals surface area (Å²) < 4.78 is 16.9. The van der Waals surface area contributed by atoms with E-state index in [1.165, 1.54) is 0 Å². The summed E-state index contributed by atoms with van der Waals surface area (Å²) in [7, 11) is 0. The van der Waals surface area contributed by atoms with Crippen LogP contribution in [0.15, 0.2) is 40.6 Å². The summed E-state index contributed by atoms with van der Waals surface area (Å²) in [6.07, 6.45) is -3.48. The van der Waals surface area contributed by atoms with Crippen molar-refractivity contribution in [1.82, 2.24) is 5.32 Å². The SMILES string of the molecule is [N-]=[N+]=N[C@H]1C[C@@H](N=[N+]=[N-])[C@H](O)[C@@H](O)[C@@H]1O[C@@H]1CCC[C@@H](CNC(=O)OCc2ccccc2)O1. The van der Waals surface area contributed by atoms with Crippen molar-refractivity contribution in [2.75, 3.05) is 6.54 Å². The van der Waals surface area contributed by atoms with E-state index >= 15 is 0 Å². The van der Waals surface area contributed by atoms with E-state index in [1.54, 1.807) is 0 Å². The summed E-state index contributed by atoms with van der Waals surface area (Å²) in [6, 6.07) is 7.52. The molecule has 2 fully saturated rings. The second-order valence-corrected chi connectivity index (χ2v) is 7.92. The first-order valence-electron chi connectivity index (χ1n) is 10.7. The number of hydrogen-bond acceptors (Lipinski definition) is 8. The van der Waals surface area contributed by atoms with Gasteiger partial charge >= 0.3 is 6.09 Å². The number of ether oxygens (including phenoxy) is 3. The number of aliphatic hydroxyl groups is 2. The number of alkyl carbamates (subject to hydrolysis) is 1. The first kappa shape index (κ1) is 24.6. The van der Waals surface area contributed by atoms with E-state index in [9.17, 15) is 15.0 Å². The molecule has 178 valence electrons. The van der Waals surface area contributed by atoms with Gasteiger partial charge in [-0.15, -0.1) is 0 Å². The van der Waals surface area contributed by atoms with Gasteiger partial charge in [-0.2, -0.15) is 0 Å². The third kappa shape index (κ3) is 6.96. The van der Waals surface area contributed by atoms with Gasteiger partial charge in [0.05, 0.1) is 30.4 Å². The van der Waals surface area contributed by atoms with Crippen LogP contribution < -0.4 is 5.32 Å². The number of hydrogen-bond donors (Lipinski definition) is 3. The van der Waals surface area contributed by atoms with Crippen molar-refractivity contribution in [3.8, 4) is 0 Å². The molecule has 2 aliphatic rings. The lowest BCUT2D eigenvalue weighted by Crippen LogP contribution is -2.57. The van der Waals surface area contributed by atoms with Crippen LogP contribution in [0.3, 0.4) is 0 Å². The van der Waals surface area contributed by atoms with Crippen molar-refractivity contribution in [3.63, 3.8) is 0 Å². The van der Waals surface area contributed by atoms with Gasteiger partial charge in [-0.05, 0) is 42.3 Å². The number of nitrogens with zero attached hydrogens (tertiary/aromatic N) is 6. The van der Waals surface area contributed by atoms with Crippen molar-refractivity contribution < 1.29 is 29.2 Å². The summed E-state index contributed by atoms with van der Waals surface area (Å²) in [5.74, 6) is 0. The third-order valence-corrected chi connectivity index (χ3v) is 5.65. The van der Waals surface area contributed by atoms with E-state index in [2.05, 4.69) is 25.4 Å². The quantitative estimate of drug-likeness (QED) is 0.302. The minimum atomic E-state index is -1.43. The minimum Gasteiger partial charge on any atom is -0.445 e. The topological polar surface area (TPSA) is 195 Å². The summed E-state index contributed by atoms with van der Waals surface area (Å²) in [4.78, 5) is 17.4. The lowest BCUT2D eigenvalue weighted by atomic mass is 9.84. The number of amides is 1. The van der Waals surface area contributed by atoms with Crippen molar-refractivity contribution >= 4 is 6.09 Å². The Labute approximate surface area is 189 Å². The molecule has 7 atom stereocenters. The van der Waals surface area contributed by atoms with Crippen molar-refractivity contribution in [1.29, 1.82) is 0 Å². The van der Waals surface area contributed by atoms with Gasteiger partial charge in [-0.1, -0.05) is 40.6 Å². The molecule has 0 bridgehead atoms. The fourth-order valence-corrected chi connectivity index (χ4v) is 3.96. The molecule has 1 saturated heterocycles. The van der Waals surface area contributed by atoms with Gasteiger partial charge in [0.15, 0.2) is 6.29 Å². The smallest absolute Gasteiger partial charge is 0.407 e. The molecule has 13 nitrogen and oxygen atoms in total. The number of carbonyl (C=O) groups is 1. The predicted octanol–water partition coefficient (Wildman–Crippen LogP) is 2.68. The van der Waals surface area contributed by atoms with Crippen LogP contribution in [0, 0.1) is 0 Å². The second-order valence-electron chi connectivity index (χ2n) is 7.92. The zero-order chi connectivity index (χ0) is 23.6. The highest BCUT2D eigenvalue weighted by molar-refractivity contribution is 5.67. The predicted molar refractivity (Wildman–Crippen MR) is 115 cm³/mol. The lowest BCUT2D eigenvalue weighted by molar-refractivity contribution is -0.246. The molecule has 0 unspecified atom stereocenters. The highest BCUT2D eigenvalue weighted by atomic mass is 16.7. The number of rotatable bonds is 8. The number of nitrogens with one attached hydrogen (secondary N) is 1. The number of azide groups is 2. The van der Waals surface area contributed by atoms with E-state index < -0.39 is 42.8 Å². The molecule has 0 spiro atoms. The first-order valence-corrected chi connectivity index (χ1v) is 10.7. The van der Waals surface area contributed by atoms with Gasteiger partial charge in [-0.3, -0.25) is 0 Å². The maximum atomic E-state index is 12.0. The number of benzene rings is 1. The van der Waals surface area contributed by atoms with E-state index in [0.29, 0.717) is 12.8 Å². The minimum absolute atomic E-state index is 0.0297. The van der Waals surface area contributed by atoms with Crippen LogP contribution in [-0.2, 0) is 20.8 Å². The van der Waals surface area contributed by atoms with Crippen LogP contribution in [0.4, 0.5) is 4.79 Å². The fraction of sp³-hybridized carbons (Fsp3) is 0.650. The Bertz CT molecular complexity index is 877. The monoisotopic (exact) mass is 461 g/mol. The van der Waals surface area contributed by atoms with Crippen LogP contribution >= 0.6 is 0 Å². The molecular weight excluding hydrogens is 434 g/mol. The standard InChI is InChI=1S/C20H27N7O6/c21-26-24-14-9-15(25-27-22)19(18(29)17(14)28)33-16-8-4-7-13(32-16)10-23-20(30)31-11-12-5-2-1-3-6-12/h1-3,5-6,13-19,28-29H,4,7-11H2,(H,23,30)/t13-,14+,15-,16+,17-,18+,19+/m0/s1. The molecule has 1 amide bonds. The van der Waals surface area contributed by atoms with E-state index in [0.717, 1.165) is 12.0 Å². The van der Waals surface area contributed by atoms with Crippen molar-refractivity contribution in [2.45, 2.75) is 75.1 Å². The summed E-state index contributed by atoms with van der Waals surface area (Å²) in [6.45, 7) is 0.367. The van der Waals surface area contributed by atoms with Gasteiger partial charge < -0.3 is 29.7 Å². The van der Waals surface area contributed by atoms with E-state index in [-0.39, 0.29) is 25.7 Å². The van der Waals surface area contributed by atoms with Gasteiger partial charge in [0, 0.05) is 16.4 Å². The summed E-state index contributed by atoms with van der Waals surface area (Å²) in [5.41, 5.74) is 18.4. The molecule has 1 saturated carbocycles. The van der Waals surface area contributed by atoms with Crippen LogP contribution in [-0.4, -0.2) is 65.6 Å². The zero-order valence-corrected chi connectivity index (χ0v) is 17.9. The average Bonchev–Trinajstić information content (AvgIpc) is 2.83. The van der Waals surface area contributed by atoms with Gasteiger partial charge in [0.2, 0.25) is 0 Å². The summed E-state index contributed by atoms with van der Waals surface area (Å²) in [5, 5.41) is 30.5. The Morgan fingerprint density at radius 2 is 1.85 bits per heavy atom. The molecule has 33 heavy (non-hydrogen) atoms. The van der Waals surface area contributed by atoms with Gasteiger partial charge in [-0.25, -0.2) is 4.79 Å². The Morgan fingerprint density at radius 1 is 1.12 bits per heavy atom. The molecule has 1 aromatic rings. The average molecular weight is 461 g/mol. The van der Waals surface area contributed by atoms with E-state index in [1.807, 2.05) is 30.3 Å². The van der Waals surface area contributed by atoms with Crippen LogP contribution in [0.1, 0.15) is 31.2 Å². The molecular formula is C20H27N7O6. The Balaban J connectivity index is 1.50. The van der Waals surface area contributed by atoms with Gasteiger partial charge in [0.1, 0.15) is 12.7 Å². The molecule has 3 rings (SSSR count). The van der Waals surface area contributed by atoms with Crippen molar-refractivity contribution in [3.05, 3.63) is 56.8 Å². The normalized spacial score (nSPS) is 31.5. The molecule has 0 radical (unpaired) electrons. The molecule has 1 aliphatic heterocycles. The Morgan fingerprint density at radius 3 is 2.58 bits per heavy atom. The number of aliphatic hydroxyl groups excluding tert-OH is 2. The van der Waals surface area contributed by atoms with Crippen LogP contribution in [0.2, 0.25) is 0 Å². The Hall–Kier alpha value is -3.05. The molecule has 1 aromatic carbocycles. The second kappa shape index (κ2) is 12.3. The van der Waals surface area contributed by atoms with Crippen LogP contribution in [0.5, 0.6) is 0 Å². The number of carbonyl (C=O) groups excluding carboxylic acids is 1. The molecule has 0 aromatic heterocycles. The van der Waals surface area contributed by atoms with Gasteiger partial charge in [0.25, 0.3) is 0 Å². The highest BCUT2D eigenvalue weighted by Gasteiger charge is 2.45. The third-order valence-electron chi connectivity index (χ3n) is 5.65. The first-order chi connectivity index (χ1) is 16.0. The zero-order valence-electron chi connectivity index (χ0n) is 17.9. The fourth-order valence-electron chi connectivity index (χ4n) is 3.96. The van der Waals surface area contributed by atoms with Crippen LogP contribution in [0.25, 0.3) is 20.9 Å². The lowest BCUT2D eigenvalue weighted by Gasteiger charge is -2.42. The molecule has 1 heterocycles. The maximum absolute atomic E-state index is 12.0. The Kier molecular flexibility index (Phi) is 9.14. The molecule has 3 N–H and O–H groups in total. The molecule has 13 heteroatoms. The summed E-state index contributed by atoms with van der Waals surface area (Å²) >= 11 is 0. The highest BCUT2D eigenvalue weighted by Crippen LogP contribution is 2.31. The maximum Gasteiger partial charge on any atom is 0.407 e. The van der Waals surface area contributed by atoms with Crippen molar-refractivity contribution in [2.24, 2.45) is 10.2 Å². The van der Waals surface area contributed by atoms with E-state index in [4.69, 9.17) is 25.3 Å². The largest absolute Gasteiger partial charge is 0.445 e. The molecule has 1 aliphatic carbocycles.